The van der Waals surface area contributed by atoms with Gasteiger partial charge in [0, 0.05) is 56.8 Å². The molecule has 8 heteroatoms. The van der Waals surface area contributed by atoms with Gasteiger partial charge in [-0.25, -0.2) is 18.1 Å². The van der Waals surface area contributed by atoms with Crippen LogP contribution >= 0.6 is 23.6 Å². The van der Waals surface area contributed by atoms with Crippen LogP contribution in [0.3, 0.4) is 0 Å². The van der Waals surface area contributed by atoms with Crippen LogP contribution in [0.5, 0.6) is 0 Å². The fourth-order valence-corrected chi connectivity index (χ4v) is 4.66. The first kappa shape index (κ1) is 17.2. The van der Waals surface area contributed by atoms with Gasteiger partial charge in [-0.1, -0.05) is 12.1 Å². The van der Waals surface area contributed by atoms with Crippen molar-refractivity contribution in [1.29, 1.82) is 0 Å². The fraction of sp³-hybridized carbons (Fsp3) is 0.471. The number of aromatic nitrogens is 1. The van der Waals surface area contributed by atoms with Crippen molar-refractivity contribution in [1.82, 2.24) is 9.29 Å². The lowest BCUT2D eigenvalue weighted by molar-refractivity contribution is -0.0867. The van der Waals surface area contributed by atoms with Crippen LogP contribution in [0, 0.1) is 0 Å². The fourth-order valence-electron chi connectivity index (χ4n) is 3.31. The summed E-state index contributed by atoms with van der Waals surface area (Å²) in [5.41, 5.74) is 2.23. The van der Waals surface area contributed by atoms with Gasteiger partial charge < -0.3 is 9.45 Å². The third-order valence-electron chi connectivity index (χ3n) is 4.83. The summed E-state index contributed by atoms with van der Waals surface area (Å²) in [5.74, 6) is -2.59. The molecule has 2 aliphatic rings. The Morgan fingerprint density at radius 1 is 1.12 bits per heavy atom. The average Bonchev–Trinajstić information content (AvgIpc) is 3.09. The zero-order valence-electron chi connectivity index (χ0n) is 13.6. The Morgan fingerprint density at radius 3 is 2.40 bits per heavy atom. The zero-order valence-corrected chi connectivity index (χ0v) is 15.2. The molecule has 1 aromatic carbocycles. The highest BCUT2D eigenvalue weighted by Gasteiger charge is 2.47. The molecule has 0 amide bonds. The van der Waals surface area contributed by atoms with Crippen LogP contribution in [-0.4, -0.2) is 45.9 Å². The van der Waals surface area contributed by atoms with E-state index in [0.29, 0.717) is 0 Å². The quantitative estimate of drug-likeness (QED) is 0.619. The minimum absolute atomic E-state index is 0.0724. The van der Waals surface area contributed by atoms with Crippen molar-refractivity contribution in [3.05, 3.63) is 35.5 Å². The first-order chi connectivity index (χ1) is 12.0. The number of hydrogen-bond donors (Lipinski definition) is 1. The highest BCUT2D eigenvalue weighted by atomic mass is 32.2. The Hall–Kier alpha value is -1.22. The van der Waals surface area contributed by atoms with Gasteiger partial charge in [0.05, 0.1) is 22.1 Å². The zero-order chi connectivity index (χ0) is 17.4. The van der Waals surface area contributed by atoms with Crippen LogP contribution in [0.4, 0.5) is 14.5 Å². The van der Waals surface area contributed by atoms with Crippen molar-refractivity contribution < 1.29 is 13.3 Å². The normalized spacial score (nSPS) is 21.3. The first-order valence-corrected chi connectivity index (χ1v) is 9.84. The summed E-state index contributed by atoms with van der Waals surface area (Å²) >= 11 is 2.33. The third kappa shape index (κ3) is 3.67. The van der Waals surface area contributed by atoms with Gasteiger partial charge in [-0.3, -0.25) is 0 Å². The maximum absolute atomic E-state index is 13.0. The second-order valence-electron chi connectivity index (χ2n) is 6.57. The number of hydrogen-bond acceptors (Lipinski definition) is 6. The summed E-state index contributed by atoms with van der Waals surface area (Å²) in [6, 6.07) is 8.31. The standard InChI is InChI=1S/C17H19F2N3OS2/c18-17(19)9-13(10-17)16-20-11-15(24-16)12-1-3-14(4-2-12)21-5-7-22(25-23)8-6-21/h1-4,11,13,23H,5-10H2. The SMILES string of the molecule is OSN1CCN(c2ccc(-c3cnc(C4CC(F)(F)C4)s3)cc2)CC1. The number of anilines is 1. The summed E-state index contributed by atoms with van der Waals surface area (Å²) < 4.78 is 37.1. The molecule has 0 atom stereocenters. The number of thiazole rings is 1. The second-order valence-corrected chi connectivity index (χ2v) is 8.31. The molecule has 4 rings (SSSR count). The van der Waals surface area contributed by atoms with Crippen LogP contribution in [-0.2, 0) is 0 Å². The molecule has 1 aromatic heterocycles. The summed E-state index contributed by atoms with van der Waals surface area (Å²) in [7, 11) is 0. The predicted molar refractivity (Wildman–Crippen MR) is 98.5 cm³/mol. The minimum Gasteiger partial charge on any atom is -0.369 e. The molecule has 0 radical (unpaired) electrons. The average molecular weight is 383 g/mol. The van der Waals surface area contributed by atoms with E-state index in [2.05, 4.69) is 34.1 Å². The molecule has 1 N–H and O–H groups in total. The van der Waals surface area contributed by atoms with Gasteiger partial charge in [-0.05, 0) is 17.7 Å². The lowest BCUT2D eigenvalue weighted by Crippen LogP contribution is -2.43. The van der Waals surface area contributed by atoms with E-state index in [1.165, 1.54) is 11.3 Å². The Bertz CT molecular complexity index is 722. The molecule has 1 saturated heterocycles. The van der Waals surface area contributed by atoms with Crippen LogP contribution in [0.1, 0.15) is 23.8 Å². The maximum atomic E-state index is 13.0. The van der Waals surface area contributed by atoms with Crippen LogP contribution in [0.15, 0.2) is 30.5 Å². The smallest absolute Gasteiger partial charge is 0.249 e. The number of nitrogens with zero attached hydrogens (tertiary/aromatic N) is 3. The molecular weight excluding hydrogens is 364 g/mol. The minimum atomic E-state index is -2.50. The summed E-state index contributed by atoms with van der Waals surface area (Å²) in [6.45, 7) is 3.42. The highest BCUT2D eigenvalue weighted by Crippen LogP contribution is 2.49. The highest BCUT2D eigenvalue weighted by molar-refractivity contribution is 7.91. The van der Waals surface area contributed by atoms with Gasteiger partial charge in [0.25, 0.3) is 0 Å². The third-order valence-corrected chi connectivity index (χ3v) is 6.64. The monoisotopic (exact) mass is 383 g/mol. The molecule has 0 unspecified atom stereocenters. The lowest BCUT2D eigenvalue weighted by Gasteiger charge is -2.34. The molecule has 25 heavy (non-hydrogen) atoms. The Balaban J connectivity index is 1.42. The van der Waals surface area contributed by atoms with Gasteiger partial charge in [0.2, 0.25) is 5.92 Å². The maximum Gasteiger partial charge on any atom is 0.249 e. The topological polar surface area (TPSA) is 39.6 Å². The van der Waals surface area contributed by atoms with E-state index in [0.717, 1.165) is 59.5 Å². The summed E-state index contributed by atoms with van der Waals surface area (Å²) in [6.07, 6.45) is 1.65. The molecule has 4 nitrogen and oxygen atoms in total. The van der Waals surface area contributed by atoms with E-state index in [4.69, 9.17) is 4.55 Å². The molecule has 0 spiro atoms. The molecule has 0 bridgehead atoms. The van der Waals surface area contributed by atoms with Gasteiger partial charge in [-0.15, -0.1) is 11.3 Å². The number of benzene rings is 1. The van der Waals surface area contributed by atoms with Crippen molar-refractivity contribution in [2.75, 3.05) is 31.1 Å². The Morgan fingerprint density at radius 2 is 1.80 bits per heavy atom. The largest absolute Gasteiger partial charge is 0.369 e. The molecular formula is C17H19F2N3OS2. The predicted octanol–water partition coefficient (Wildman–Crippen LogP) is 4.57. The van der Waals surface area contributed by atoms with E-state index in [9.17, 15) is 8.78 Å². The van der Waals surface area contributed by atoms with E-state index >= 15 is 0 Å². The first-order valence-electron chi connectivity index (χ1n) is 8.29. The van der Waals surface area contributed by atoms with Crippen molar-refractivity contribution in [2.24, 2.45) is 0 Å². The molecule has 1 aliphatic carbocycles. The Labute approximate surface area is 153 Å². The van der Waals surface area contributed by atoms with E-state index < -0.39 is 5.92 Å². The van der Waals surface area contributed by atoms with E-state index in [-0.39, 0.29) is 18.8 Å². The summed E-state index contributed by atoms with van der Waals surface area (Å²) in [5, 5.41) is 0.822. The van der Waals surface area contributed by atoms with Crippen molar-refractivity contribution in [3.8, 4) is 10.4 Å². The Kier molecular flexibility index (Phi) is 4.70. The number of rotatable bonds is 4. The van der Waals surface area contributed by atoms with Crippen molar-refractivity contribution in [2.45, 2.75) is 24.7 Å². The number of piperazine rings is 1. The van der Waals surface area contributed by atoms with Gasteiger partial charge in [0.1, 0.15) is 0 Å². The molecule has 1 aliphatic heterocycles. The van der Waals surface area contributed by atoms with Crippen LogP contribution in [0.2, 0.25) is 0 Å². The van der Waals surface area contributed by atoms with E-state index in [1.807, 2.05) is 4.31 Å². The number of alkyl halides is 2. The van der Waals surface area contributed by atoms with Crippen LogP contribution < -0.4 is 4.90 Å². The number of halogens is 2. The molecule has 2 aromatic rings. The molecule has 134 valence electrons. The molecule has 2 heterocycles. The second kappa shape index (κ2) is 6.83. The van der Waals surface area contributed by atoms with E-state index in [1.54, 1.807) is 6.20 Å². The van der Waals surface area contributed by atoms with Gasteiger partial charge in [-0.2, -0.15) is 0 Å². The van der Waals surface area contributed by atoms with Crippen molar-refractivity contribution >= 4 is 29.3 Å². The lowest BCUT2D eigenvalue weighted by atomic mass is 9.82. The van der Waals surface area contributed by atoms with Crippen LogP contribution in [0.25, 0.3) is 10.4 Å². The summed E-state index contributed by atoms with van der Waals surface area (Å²) in [4.78, 5) is 7.68. The van der Waals surface area contributed by atoms with Gasteiger partial charge >= 0.3 is 0 Å². The molecule has 1 saturated carbocycles. The van der Waals surface area contributed by atoms with Gasteiger partial charge in [0.15, 0.2) is 0 Å². The van der Waals surface area contributed by atoms with Crippen molar-refractivity contribution in [3.63, 3.8) is 0 Å². The molecule has 2 fully saturated rings.